The van der Waals surface area contributed by atoms with Crippen molar-refractivity contribution in [2.45, 2.75) is 44.9 Å². The summed E-state index contributed by atoms with van der Waals surface area (Å²) in [7, 11) is 0. The van der Waals surface area contributed by atoms with Gasteiger partial charge in [0.05, 0.1) is 17.8 Å². The van der Waals surface area contributed by atoms with Crippen molar-refractivity contribution in [2.75, 3.05) is 5.75 Å². The number of carbonyl (C=O) groups is 1. The molecule has 1 aliphatic heterocycles. The predicted molar refractivity (Wildman–Crippen MR) is 53.8 cm³/mol. The normalized spacial score (nSPS) is 34.2. The summed E-state index contributed by atoms with van der Waals surface area (Å²) in [4.78, 5) is 11.0. The molecule has 0 aromatic heterocycles. The lowest BCUT2D eigenvalue weighted by Crippen LogP contribution is -2.96. The van der Waals surface area contributed by atoms with E-state index in [1.165, 1.54) is 0 Å². The molecular weight excluding hydrogens is 186 g/mol. The largest absolute Gasteiger partial charge is 0.461 e. The Hall–Kier alpha value is -0.220. The third kappa shape index (κ3) is 3.56. The Morgan fingerprint density at radius 2 is 2.00 bits per heavy atom. The van der Waals surface area contributed by atoms with E-state index in [1.54, 1.807) is 0 Å². The van der Waals surface area contributed by atoms with E-state index in [4.69, 9.17) is 4.74 Å². The Labute approximate surface area is 84.6 Å². The van der Waals surface area contributed by atoms with Gasteiger partial charge in [-0.15, -0.1) is 0 Å². The maximum atomic E-state index is 11.0. The fourth-order valence-corrected chi connectivity index (χ4v) is 2.04. The Morgan fingerprint density at radius 1 is 1.46 bits per heavy atom. The van der Waals surface area contributed by atoms with E-state index >= 15 is 0 Å². The van der Waals surface area contributed by atoms with E-state index in [0.717, 1.165) is 12.8 Å². The number of piperidine rings is 1. The molecule has 2 atom stereocenters. The van der Waals surface area contributed by atoms with Gasteiger partial charge in [0.2, 0.25) is 0 Å². The van der Waals surface area contributed by atoms with Gasteiger partial charge < -0.3 is 10.1 Å². The minimum Gasteiger partial charge on any atom is -0.461 e. The van der Waals surface area contributed by atoms with Crippen molar-refractivity contribution in [1.82, 2.24) is 0 Å². The van der Waals surface area contributed by atoms with E-state index in [1.807, 2.05) is 0 Å². The molecule has 4 heteroatoms. The van der Waals surface area contributed by atoms with Gasteiger partial charge in [-0.1, -0.05) is 0 Å². The molecule has 2 N–H and O–H groups in total. The summed E-state index contributed by atoms with van der Waals surface area (Å²) in [5.41, 5.74) is 0. The lowest BCUT2D eigenvalue weighted by molar-refractivity contribution is -0.726. The van der Waals surface area contributed by atoms with Gasteiger partial charge in [0.15, 0.2) is 0 Å². The van der Waals surface area contributed by atoms with Crippen LogP contribution in [0.3, 0.4) is 0 Å². The summed E-state index contributed by atoms with van der Waals surface area (Å²) < 4.78 is 5.25. The van der Waals surface area contributed by atoms with E-state index in [2.05, 4.69) is 31.8 Å². The van der Waals surface area contributed by atoms with Gasteiger partial charge in [-0.25, -0.2) is 0 Å². The average Bonchev–Trinajstić information content (AvgIpc) is 2.02. The van der Waals surface area contributed by atoms with E-state index in [9.17, 15) is 4.79 Å². The van der Waals surface area contributed by atoms with Crippen LogP contribution in [0.5, 0.6) is 0 Å². The maximum Gasteiger partial charge on any atom is 0.315 e. The van der Waals surface area contributed by atoms with Crippen LogP contribution in [0.25, 0.3) is 0 Å². The number of ether oxygens (including phenoxy) is 1. The molecule has 1 rings (SSSR count). The van der Waals surface area contributed by atoms with Gasteiger partial charge in [0.25, 0.3) is 0 Å². The number of nitrogens with two attached hydrogens (primary N) is 1. The van der Waals surface area contributed by atoms with Crippen molar-refractivity contribution < 1.29 is 14.8 Å². The smallest absolute Gasteiger partial charge is 0.315 e. The standard InChI is InChI=1S/C9H17NO2S/c1-6-3-8(4-7(2)10-6)12-9(11)5-13/h6-8,10,13H,3-5H2,1-2H3/p+1. The molecular formula is C9H18NO2S+. The van der Waals surface area contributed by atoms with E-state index in [-0.39, 0.29) is 17.8 Å². The summed E-state index contributed by atoms with van der Waals surface area (Å²) >= 11 is 3.88. The SMILES string of the molecule is CC1CC(OC(=O)CS)CC(C)[NH2+]1. The first-order chi connectivity index (χ1) is 6.11. The Kier molecular flexibility index (Phi) is 4.06. The molecule has 0 bridgehead atoms. The zero-order chi connectivity index (χ0) is 9.84. The monoisotopic (exact) mass is 204 g/mol. The molecule has 0 saturated carbocycles. The average molecular weight is 204 g/mol. The van der Waals surface area contributed by atoms with Crippen LogP contribution in [-0.4, -0.2) is 29.9 Å². The number of quaternary nitrogens is 1. The van der Waals surface area contributed by atoms with Crippen molar-refractivity contribution in [3.05, 3.63) is 0 Å². The summed E-state index contributed by atoms with van der Waals surface area (Å²) in [5, 5.41) is 2.32. The van der Waals surface area contributed by atoms with Crippen LogP contribution >= 0.6 is 12.6 Å². The molecule has 1 aliphatic rings. The van der Waals surface area contributed by atoms with Gasteiger partial charge in [-0.3, -0.25) is 4.79 Å². The molecule has 2 unspecified atom stereocenters. The van der Waals surface area contributed by atoms with Gasteiger partial charge in [-0.05, 0) is 13.8 Å². The third-order valence-corrected chi connectivity index (χ3v) is 2.61. The van der Waals surface area contributed by atoms with Crippen molar-refractivity contribution in [3.8, 4) is 0 Å². The van der Waals surface area contributed by atoms with Gasteiger partial charge in [0, 0.05) is 12.8 Å². The first-order valence-electron chi connectivity index (χ1n) is 4.77. The first kappa shape index (κ1) is 10.9. The third-order valence-electron chi connectivity index (χ3n) is 2.35. The first-order valence-corrected chi connectivity index (χ1v) is 5.40. The summed E-state index contributed by atoms with van der Waals surface area (Å²) in [6.45, 7) is 4.33. The zero-order valence-corrected chi connectivity index (χ0v) is 9.09. The van der Waals surface area contributed by atoms with Crippen molar-refractivity contribution >= 4 is 18.6 Å². The van der Waals surface area contributed by atoms with Crippen LogP contribution < -0.4 is 5.32 Å². The summed E-state index contributed by atoms with van der Waals surface area (Å²) in [6.07, 6.45) is 2.03. The molecule has 0 aliphatic carbocycles. The highest BCUT2D eigenvalue weighted by Crippen LogP contribution is 2.12. The highest BCUT2D eigenvalue weighted by molar-refractivity contribution is 7.81. The van der Waals surface area contributed by atoms with Crippen LogP contribution in [0.4, 0.5) is 0 Å². The minimum atomic E-state index is -0.199. The van der Waals surface area contributed by atoms with Crippen molar-refractivity contribution in [2.24, 2.45) is 0 Å². The van der Waals surface area contributed by atoms with Crippen LogP contribution in [0.2, 0.25) is 0 Å². The Balaban J connectivity index is 2.37. The van der Waals surface area contributed by atoms with Crippen LogP contribution in [0, 0.1) is 0 Å². The van der Waals surface area contributed by atoms with Crippen molar-refractivity contribution in [1.29, 1.82) is 0 Å². The topological polar surface area (TPSA) is 42.9 Å². The van der Waals surface area contributed by atoms with Gasteiger partial charge >= 0.3 is 5.97 Å². The Morgan fingerprint density at radius 3 is 2.46 bits per heavy atom. The number of hydrogen-bond acceptors (Lipinski definition) is 3. The lowest BCUT2D eigenvalue weighted by atomic mass is 9.98. The minimum absolute atomic E-state index is 0.106. The zero-order valence-electron chi connectivity index (χ0n) is 8.19. The number of thiol groups is 1. The van der Waals surface area contributed by atoms with Crippen molar-refractivity contribution in [3.63, 3.8) is 0 Å². The number of carbonyl (C=O) groups excluding carboxylic acids is 1. The highest BCUT2D eigenvalue weighted by Gasteiger charge is 2.28. The molecule has 0 aromatic rings. The van der Waals surface area contributed by atoms with Gasteiger partial charge in [-0.2, -0.15) is 12.6 Å². The highest BCUT2D eigenvalue weighted by atomic mass is 32.1. The maximum absolute atomic E-state index is 11.0. The molecule has 0 amide bonds. The fraction of sp³-hybridized carbons (Fsp3) is 0.889. The molecule has 0 radical (unpaired) electrons. The molecule has 0 aromatic carbocycles. The number of rotatable bonds is 2. The Bertz CT molecular complexity index is 176. The van der Waals surface area contributed by atoms with Crippen LogP contribution in [0.15, 0.2) is 0 Å². The second-order valence-corrected chi connectivity index (χ2v) is 4.20. The molecule has 1 heterocycles. The molecule has 3 nitrogen and oxygen atoms in total. The summed E-state index contributed by atoms with van der Waals surface area (Å²) in [6, 6.07) is 1.11. The molecule has 13 heavy (non-hydrogen) atoms. The molecule has 76 valence electrons. The van der Waals surface area contributed by atoms with Gasteiger partial charge in [0.1, 0.15) is 6.10 Å². The quantitative estimate of drug-likeness (QED) is 0.490. The molecule has 1 saturated heterocycles. The molecule has 0 spiro atoms. The number of hydrogen-bond donors (Lipinski definition) is 2. The molecule has 1 fully saturated rings. The van der Waals surface area contributed by atoms with Crippen LogP contribution in [-0.2, 0) is 9.53 Å². The second kappa shape index (κ2) is 4.86. The fourth-order valence-electron chi connectivity index (χ4n) is 1.96. The number of esters is 1. The van der Waals surface area contributed by atoms with E-state index < -0.39 is 0 Å². The van der Waals surface area contributed by atoms with Crippen LogP contribution in [0.1, 0.15) is 26.7 Å². The summed E-state index contributed by atoms with van der Waals surface area (Å²) in [5.74, 6) is -0.0159. The predicted octanol–water partition coefficient (Wildman–Crippen LogP) is -0.0378. The second-order valence-electron chi connectivity index (χ2n) is 3.89. The lowest BCUT2D eigenvalue weighted by Gasteiger charge is -2.29. The van der Waals surface area contributed by atoms with E-state index in [0.29, 0.717) is 12.1 Å².